The van der Waals surface area contributed by atoms with E-state index < -0.39 is 0 Å². The standard InChI is InChI=1S/C22H34N4.HI/c1-23-21(24-15-18-11-14-26(16-18)20-9-10-20)25-17-22(12-5-6-13-22)19-7-3-2-4-8-19;/h2-4,7-8,18,20H,5-6,9-17H2,1H3,(H2,23,24,25);1H. The summed E-state index contributed by atoms with van der Waals surface area (Å²) in [4.78, 5) is 7.17. The molecule has 1 heterocycles. The molecule has 1 aromatic rings. The van der Waals surface area contributed by atoms with Gasteiger partial charge in [-0.15, -0.1) is 24.0 Å². The van der Waals surface area contributed by atoms with E-state index in [2.05, 4.69) is 50.9 Å². The van der Waals surface area contributed by atoms with Crippen LogP contribution in [0.2, 0.25) is 0 Å². The molecule has 27 heavy (non-hydrogen) atoms. The van der Waals surface area contributed by atoms with Gasteiger partial charge in [-0.3, -0.25) is 4.99 Å². The van der Waals surface area contributed by atoms with E-state index in [4.69, 9.17) is 0 Å². The van der Waals surface area contributed by atoms with Crippen LogP contribution < -0.4 is 10.6 Å². The third-order valence-electron chi connectivity index (χ3n) is 6.70. The van der Waals surface area contributed by atoms with Crippen molar-refractivity contribution >= 4 is 29.9 Å². The average Bonchev–Trinajstić information content (AvgIpc) is 3.23. The monoisotopic (exact) mass is 482 g/mol. The molecule has 2 N–H and O–H groups in total. The molecule has 1 unspecified atom stereocenters. The first-order valence-corrected chi connectivity index (χ1v) is 10.5. The van der Waals surface area contributed by atoms with Crippen molar-refractivity contribution in [2.45, 2.75) is 56.4 Å². The number of likely N-dealkylation sites (tertiary alicyclic amines) is 1. The quantitative estimate of drug-likeness (QED) is 0.369. The van der Waals surface area contributed by atoms with E-state index in [1.165, 1.54) is 63.6 Å². The molecule has 0 amide bonds. The molecule has 2 saturated carbocycles. The Morgan fingerprint density at radius 1 is 1.11 bits per heavy atom. The van der Waals surface area contributed by atoms with Crippen molar-refractivity contribution in [3.63, 3.8) is 0 Å². The van der Waals surface area contributed by atoms with E-state index in [0.29, 0.717) is 0 Å². The minimum atomic E-state index is 0. The Morgan fingerprint density at radius 2 is 1.85 bits per heavy atom. The summed E-state index contributed by atoms with van der Waals surface area (Å²) in [6, 6.07) is 12.0. The van der Waals surface area contributed by atoms with Crippen LogP contribution >= 0.6 is 24.0 Å². The Labute approximate surface area is 181 Å². The Bertz CT molecular complexity index is 608. The molecule has 3 aliphatic rings. The molecule has 5 heteroatoms. The smallest absolute Gasteiger partial charge is 0.191 e. The second kappa shape index (κ2) is 9.59. The number of hydrogen-bond acceptors (Lipinski definition) is 2. The first kappa shape index (κ1) is 20.9. The molecule has 1 atom stereocenters. The Kier molecular flexibility index (Phi) is 7.42. The highest BCUT2D eigenvalue weighted by molar-refractivity contribution is 14.0. The van der Waals surface area contributed by atoms with Crippen LogP contribution in [0, 0.1) is 5.92 Å². The van der Waals surface area contributed by atoms with Crippen LogP contribution in [0.25, 0.3) is 0 Å². The fourth-order valence-electron chi connectivity index (χ4n) is 4.93. The number of rotatable bonds is 6. The lowest BCUT2D eigenvalue weighted by molar-refractivity contribution is 0.314. The third kappa shape index (κ3) is 5.17. The van der Waals surface area contributed by atoms with Crippen molar-refractivity contribution in [2.75, 3.05) is 33.2 Å². The van der Waals surface area contributed by atoms with E-state index in [-0.39, 0.29) is 29.4 Å². The van der Waals surface area contributed by atoms with E-state index in [1.807, 2.05) is 7.05 Å². The maximum Gasteiger partial charge on any atom is 0.191 e. The second-order valence-corrected chi connectivity index (χ2v) is 8.54. The van der Waals surface area contributed by atoms with Crippen molar-refractivity contribution in [2.24, 2.45) is 10.9 Å². The average molecular weight is 482 g/mol. The predicted octanol–water partition coefficient (Wildman–Crippen LogP) is 3.77. The number of benzene rings is 1. The number of aliphatic imine (C=N–C) groups is 1. The Morgan fingerprint density at radius 3 is 2.52 bits per heavy atom. The summed E-state index contributed by atoms with van der Waals surface area (Å²) in [5.41, 5.74) is 1.76. The van der Waals surface area contributed by atoms with Gasteiger partial charge in [0, 0.05) is 38.1 Å². The minimum Gasteiger partial charge on any atom is -0.356 e. The van der Waals surface area contributed by atoms with Gasteiger partial charge in [-0.2, -0.15) is 0 Å². The maximum absolute atomic E-state index is 4.48. The summed E-state index contributed by atoms with van der Waals surface area (Å²) in [6.45, 7) is 4.58. The highest BCUT2D eigenvalue weighted by Crippen LogP contribution is 2.40. The van der Waals surface area contributed by atoms with Gasteiger partial charge in [0.25, 0.3) is 0 Å². The van der Waals surface area contributed by atoms with E-state index in [0.717, 1.165) is 31.0 Å². The summed E-state index contributed by atoms with van der Waals surface area (Å²) in [6.07, 6.45) is 9.40. The molecule has 4 nitrogen and oxygen atoms in total. The molecule has 2 aliphatic carbocycles. The number of nitrogens with zero attached hydrogens (tertiary/aromatic N) is 2. The molecule has 0 bridgehead atoms. The zero-order chi connectivity index (χ0) is 17.8. The fraction of sp³-hybridized carbons (Fsp3) is 0.682. The van der Waals surface area contributed by atoms with Gasteiger partial charge in [0.05, 0.1) is 0 Å². The normalized spacial score (nSPS) is 25.2. The van der Waals surface area contributed by atoms with Gasteiger partial charge in [0.2, 0.25) is 0 Å². The Hall–Kier alpha value is -0.820. The zero-order valence-electron chi connectivity index (χ0n) is 16.6. The van der Waals surface area contributed by atoms with Crippen LogP contribution in [-0.2, 0) is 5.41 Å². The van der Waals surface area contributed by atoms with Gasteiger partial charge >= 0.3 is 0 Å². The predicted molar refractivity (Wildman–Crippen MR) is 124 cm³/mol. The summed E-state index contributed by atoms with van der Waals surface area (Å²) in [5.74, 6) is 1.74. The first-order valence-electron chi connectivity index (χ1n) is 10.5. The number of halogens is 1. The molecule has 1 aromatic carbocycles. The van der Waals surface area contributed by atoms with Crippen molar-refractivity contribution < 1.29 is 0 Å². The zero-order valence-corrected chi connectivity index (χ0v) is 19.0. The lowest BCUT2D eigenvalue weighted by Gasteiger charge is -2.31. The van der Waals surface area contributed by atoms with E-state index in [1.54, 1.807) is 0 Å². The van der Waals surface area contributed by atoms with Crippen molar-refractivity contribution in [3.8, 4) is 0 Å². The first-order chi connectivity index (χ1) is 12.8. The van der Waals surface area contributed by atoms with Crippen molar-refractivity contribution in [1.82, 2.24) is 15.5 Å². The number of guanidine groups is 1. The molecule has 0 spiro atoms. The second-order valence-electron chi connectivity index (χ2n) is 8.54. The highest BCUT2D eigenvalue weighted by Gasteiger charge is 2.36. The molecule has 1 aliphatic heterocycles. The molecule has 3 fully saturated rings. The van der Waals surface area contributed by atoms with Gasteiger partial charge in [-0.05, 0) is 50.1 Å². The number of nitrogens with one attached hydrogen (secondary N) is 2. The SMILES string of the molecule is CN=C(NCC1CCN(C2CC2)C1)NCC1(c2ccccc2)CCCC1.I. The Balaban J connectivity index is 0.00000210. The summed E-state index contributed by atoms with van der Waals surface area (Å²) < 4.78 is 0. The molecular weight excluding hydrogens is 447 g/mol. The van der Waals surface area contributed by atoms with E-state index >= 15 is 0 Å². The van der Waals surface area contributed by atoms with Gasteiger partial charge in [-0.1, -0.05) is 43.2 Å². The molecule has 4 rings (SSSR count). The topological polar surface area (TPSA) is 39.7 Å². The van der Waals surface area contributed by atoms with Gasteiger partial charge in [-0.25, -0.2) is 0 Å². The molecule has 0 radical (unpaired) electrons. The van der Waals surface area contributed by atoms with Crippen LogP contribution in [-0.4, -0.2) is 50.1 Å². The third-order valence-corrected chi connectivity index (χ3v) is 6.70. The van der Waals surface area contributed by atoms with Crippen molar-refractivity contribution in [3.05, 3.63) is 35.9 Å². The van der Waals surface area contributed by atoms with Crippen LogP contribution in [0.15, 0.2) is 35.3 Å². The summed E-state index contributed by atoms with van der Waals surface area (Å²) in [5, 5.41) is 7.24. The molecular formula is C22H35IN4. The summed E-state index contributed by atoms with van der Waals surface area (Å²) >= 11 is 0. The lowest BCUT2D eigenvalue weighted by atomic mass is 9.79. The number of hydrogen-bond donors (Lipinski definition) is 2. The fourth-order valence-corrected chi connectivity index (χ4v) is 4.93. The van der Waals surface area contributed by atoms with Crippen LogP contribution in [0.4, 0.5) is 0 Å². The van der Waals surface area contributed by atoms with E-state index in [9.17, 15) is 0 Å². The summed E-state index contributed by atoms with van der Waals surface area (Å²) in [7, 11) is 1.89. The molecule has 1 saturated heterocycles. The highest BCUT2D eigenvalue weighted by atomic mass is 127. The molecule has 0 aromatic heterocycles. The minimum absolute atomic E-state index is 0. The van der Waals surface area contributed by atoms with Gasteiger partial charge < -0.3 is 15.5 Å². The van der Waals surface area contributed by atoms with Crippen LogP contribution in [0.1, 0.15) is 50.5 Å². The van der Waals surface area contributed by atoms with Gasteiger partial charge in [0.1, 0.15) is 0 Å². The van der Waals surface area contributed by atoms with Crippen molar-refractivity contribution in [1.29, 1.82) is 0 Å². The molecule has 150 valence electrons. The lowest BCUT2D eigenvalue weighted by Crippen LogP contribution is -2.46. The maximum atomic E-state index is 4.48. The van der Waals surface area contributed by atoms with Crippen LogP contribution in [0.3, 0.4) is 0 Å². The van der Waals surface area contributed by atoms with Gasteiger partial charge in [0.15, 0.2) is 5.96 Å². The largest absolute Gasteiger partial charge is 0.356 e. The van der Waals surface area contributed by atoms with Crippen LogP contribution in [0.5, 0.6) is 0 Å².